The van der Waals surface area contributed by atoms with Gasteiger partial charge in [0.25, 0.3) is 0 Å². The third-order valence-corrected chi connectivity index (χ3v) is 1.08. The summed E-state index contributed by atoms with van der Waals surface area (Å²) in [5.74, 6) is -1.06. The van der Waals surface area contributed by atoms with Crippen LogP contribution in [0.2, 0.25) is 0 Å². The highest BCUT2D eigenvalue weighted by molar-refractivity contribution is 5.81. The Labute approximate surface area is 65.5 Å². The fraction of sp³-hybridized carbons (Fsp3) is 0.714. The molecule has 4 heteroatoms. The van der Waals surface area contributed by atoms with Crippen LogP contribution in [0.4, 0.5) is 0 Å². The van der Waals surface area contributed by atoms with E-state index in [0.29, 0.717) is 0 Å². The predicted molar refractivity (Wildman–Crippen MR) is 37.9 cm³/mol. The molecule has 0 amide bonds. The first kappa shape index (κ1) is 9.94. The smallest absolute Gasteiger partial charge is 0.349 e. The molecule has 11 heavy (non-hydrogen) atoms. The SMILES string of the molecule is COC(=O)C(C)(C)OC(C)=O. The maximum Gasteiger partial charge on any atom is 0.349 e. The van der Waals surface area contributed by atoms with Gasteiger partial charge in [-0.3, -0.25) is 4.79 Å². The van der Waals surface area contributed by atoms with Gasteiger partial charge in [0.15, 0.2) is 0 Å². The van der Waals surface area contributed by atoms with Crippen LogP contribution in [-0.4, -0.2) is 24.6 Å². The second kappa shape index (κ2) is 3.37. The number of carbonyl (C=O) groups is 2. The molecule has 0 bridgehead atoms. The lowest BCUT2D eigenvalue weighted by molar-refractivity contribution is -0.175. The number of methoxy groups -OCH3 is 1. The number of hydrogen-bond acceptors (Lipinski definition) is 4. The molecule has 0 unspecified atom stereocenters. The van der Waals surface area contributed by atoms with Gasteiger partial charge in [0.2, 0.25) is 5.60 Å². The monoisotopic (exact) mass is 160 g/mol. The van der Waals surface area contributed by atoms with Crippen molar-refractivity contribution in [1.82, 2.24) is 0 Å². The molecule has 0 atom stereocenters. The van der Waals surface area contributed by atoms with Crippen molar-refractivity contribution in [3.05, 3.63) is 0 Å². The second-order valence-electron chi connectivity index (χ2n) is 2.60. The zero-order valence-electron chi connectivity index (χ0n) is 7.13. The van der Waals surface area contributed by atoms with E-state index < -0.39 is 17.5 Å². The summed E-state index contributed by atoms with van der Waals surface area (Å²) in [6, 6.07) is 0. The fourth-order valence-corrected chi connectivity index (χ4v) is 0.647. The molecule has 0 N–H and O–H groups in total. The minimum absolute atomic E-state index is 0.500. The minimum atomic E-state index is -1.18. The Morgan fingerprint density at radius 3 is 2.00 bits per heavy atom. The van der Waals surface area contributed by atoms with Gasteiger partial charge in [-0.05, 0) is 13.8 Å². The van der Waals surface area contributed by atoms with E-state index in [1.54, 1.807) is 0 Å². The summed E-state index contributed by atoms with van der Waals surface area (Å²) in [5, 5.41) is 0. The Hall–Kier alpha value is -1.06. The van der Waals surface area contributed by atoms with E-state index in [2.05, 4.69) is 9.47 Å². The van der Waals surface area contributed by atoms with Crippen molar-refractivity contribution >= 4 is 11.9 Å². The van der Waals surface area contributed by atoms with Gasteiger partial charge in [-0.25, -0.2) is 4.79 Å². The van der Waals surface area contributed by atoms with Crippen LogP contribution in [0.5, 0.6) is 0 Å². The van der Waals surface area contributed by atoms with Crippen molar-refractivity contribution in [2.45, 2.75) is 26.4 Å². The maximum absolute atomic E-state index is 10.9. The van der Waals surface area contributed by atoms with E-state index in [4.69, 9.17) is 0 Å². The summed E-state index contributed by atoms with van der Waals surface area (Å²) < 4.78 is 9.08. The second-order valence-corrected chi connectivity index (χ2v) is 2.60. The molecule has 0 aromatic rings. The van der Waals surface area contributed by atoms with E-state index in [-0.39, 0.29) is 0 Å². The lowest BCUT2D eigenvalue weighted by Crippen LogP contribution is -2.37. The van der Waals surface area contributed by atoms with Gasteiger partial charge >= 0.3 is 11.9 Å². The molecule has 0 radical (unpaired) electrons. The number of ether oxygens (including phenoxy) is 2. The minimum Gasteiger partial charge on any atom is -0.466 e. The molecule has 0 saturated heterocycles. The van der Waals surface area contributed by atoms with Gasteiger partial charge in [-0.1, -0.05) is 0 Å². The Bertz CT molecular complexity index is 171. The maximum atomic E-state index is 10.9. The van der Waals surface area contributed by atoms with E-state index >= 15 is 0 Å². The van der Waals surface area contributed by atoms with Crippen LogP contribution in [0.3, 0.4) is 0 Å². The average Bonchev–Trinajstić information content (AvgIpc) is 1.83. The molecule has 0 rings (SSSR count). The molecule has 0 fully saturated rings. The number of rotatable bonds is 2. The van der Waals surface area contributed by atoms with Crippen molar-refractivity contribution in [2.75, 3.05) is 7.11 Å². The number of hydrogen-bond donors (Lipinski definition) is 0. The van der Waals surface area contributed by atoms with E-state index in [1.807, 2.05) is 0 Å². The first-order valence-corrected chi connectivity index (χ1v) is 3.18. The molecule has 0 saturated carbocycles. The molecule has 0 heterocycles. The molecule has 0 aliphatic carbocycles. The predicted octanol–water partition coefficient (Wildman–Crippen LogP) is 0.501. The van der Waals surface area contributed by atoms with Crippen LogP contribution in [-0.2, 0) is 19.1 Å². The largest absolute Gasteiger partial charge is 0.466 e. The van der Waals surface area contributed by atoms with E-state index in [1.165, 1.54) is 27.9 Å². The lowest BCUT2D eigenvalue weighted by atomic mass is 10.1. The van der Waals surface area contributed by atoms with Crippen molar-refractivity contribution in [1.29, 1.82) is 0 Å². The molecule has 0 aliphatic heterocycles. The summed E-state index contributed by atoms with van der Waals surface area (Å²) in [4.78, 5) is 21.3. The Morgan fingerprint density at radius 2 is 1.73 bits per heavy atom. The highest BCUT2D eigenvalue weighted by Crippen LogP contribution is 2.10. The molecule has 4 nitrogen and oxygen atoms in total. The van der Waals surface area contributed by atoms with Gasteiger partial charge in [0.05, 0.1) is 7.11 Å². The number of carbonyl (C=O) groups excluding carboxylic acids is 2. The third-order valence-electron chi connectivity index (χ3n) is 1.08. The van der Waals surface area contributed by atoms with Gasteiger partial charge in [0, 0.05) is 6.92 Å². The highest BCUT2D eigenvalue weighted by atomic mass is 16.6. The quantitative estimate of drug-likeness (QED) is 0.552. The number of esters is 2. The van der Waals surface area contributed by atoms with E-state index in [0.717, 1.165) is 0 Å². The zero-order valence-corrected chi connectivity index (χ0v) is 7.13. The Kier molecular flexibility index (Phi) is 3.04. The van der Waals surface area contributed by atoms with Crippen molar-refractivity contribution in [3.8, 4) is 0 Å². The van der Waals surface area contributed by atoms with Gasteiger partial charge in [0.1, 0.15) is 0 Å². The molecular formula is C7H12O4. The van der Waals surface area contributed by atoms with Crippen molar-refractivity contribution in [2.24, 2.45) is 0 Å². The summed E-state index contributed by atoms with van der Waals surface area (Å²) in [7, 11) is 1.24. The summed E-state index contributed by atoms with van der Waals surface area (Å²) in [6.45, 7) is 4.19. The van der Waals surface area contributed by atoms with Crippen LogP contribution < -0.4 is 0 Å². The highest BCUT2D eigenvalue weighted by Gasteiger charge is 2.31. The topological polar surface area (TPSA) is 52.6 Å². The molecule has 0 aliphatic rings. The first-order valence-electron chi connectivity index (χ1n) is 3.18. The van der Waals surface area contributed by atoms with Gasteiger partial charge in [-0.2, -0.15) is 0 Å². The van der Waals surface area contributed by atoms with Crippen molar-refractivity contribution < 1.29 is 19.1 Å². The molecule has 0 aromatic heterocycles. The zero-order chi connectivity index (χ0) is 9.07. The van der Waals surface area contributed by atoms with E-state index in [9.17, 15) is 9.59 Å². The lowest BCUT2D eigenvalue weighted by Gasteiger charge is -2.20. The van der Waals surface area contributed by atoms with Crippen LogP contribution in [0.1, 0.15) is 20.8 Å². The Morgan fingerprint density at radius 1 is 1.27 bits per heavy atom. The molecule has 0 spiro atoms. The van der Waals surface area contributed by atoms with Gasteiger partial charge < -0.3 is 9.47 Å². The normalized spacial score (nSPS) is 10.5. The Balaban J connectivity index is 4.21. The molecule has 64 valence electrons. The van der Waals surface area contributed by atoms with Crippen LogP contribution in [0.15, 0.2) is 0 Å². The van der Waals surface area contributed by atoms with Crippen molar-refractivity contribution in [3.63, 3.8) is 0 Å². The summed E-state index contributed by atoms with van der Waals surface area (Å²) >= 11 is 0. The standard InChI is InChI=1S/C7H12O4/c1-5(8)11-7(2,3)6(9)10-4/h1-4H3. The summed E-state index contributed by atoms with van der Waals surface area (Å²) in [5.41, 5.74) is -1.18. The third kappa shape index (κ3) is 3.02. The van der Waals surface area contributed by atoms with Crippen LogP contribution in [0, 0.1) is 0 Å². The first-order chi connectivity index (χ1) is 4.90. The van der Waals surface area contributed by atoms with Crippen LogP contribution >= 0.6 is 0 Å². The molecule has 0 aromatic carbocycles. The van der Waals surface area contributed by atoms with Gasteiger partial charge in [-0.15, -0.1) is 0 Å². The van der Waals surface area contributed by atoms with Crippen LogP contribution in [0.25, 0.3) is 0 Å². The fourth-order valence-electron chi connectivity index (χ4n) is 0.647. The summed E-state index contributed by atoms with van der Waals surface area (Å²) in [6.07, 6.45) is 0. The molecular weight excluding hydrogens is 148 g/mol. The average molecular weight is 160 g/mol.